The highest BCUT2D eigenvalue weighted by atomic mass is 14.5. The van der Waals surface area contributed by atoms with Gasteiger partial charge < -0.3 is 0 Å². The lowest BCUT2D eigenvalue weighted by Gasteiger charge is -2.51. The molecule has 0 spiro atoms. The summed E-state index contributed by atoms with van der Waals surface area (Å²) in [7, 11) is 0. The van der Waals surface area contributed by atoms with E-state index in [9.17, 15) is 0 Å². The van der Waals surface area contributed by atoms with Gasteiger partial charge in [0.1, 0.15) is 0 Å². The zero-order chi connectivity index (χ0) is 17.8. The van der Waals surface area contributed by atoms with E-state index in [0.29, 0.717) is 5.92 Å². The maximum absolute atomic E-state index is 2.36. The zero-order valence-electron chi connectivity index (χ0n) is 15.1. The summed E-state index contributed by atoms with van der Waals surface area (Å²) in [5.41, 5.74) is 10.2. The van der Waals surface area contributed by atoms with Crippen LogP contribution in [0.15, 0.2) is 103 Å². The van der Waals surface area contributed by atoms with Crippen molar-refractivity contribution in [2.45, 2.75) is 17.8 Å². The molecule has 7 rings (SSSR count). The van der Waals surface area contributed by atoms with Gasteiger partial charge in [-0.3, -0.25) is 0 Å². The van der Waals surface area contributed by atoms with Crippen LogP contribution in [-0.2, 0) is 11.8 Å². The maximum atomic E-state index is 2.36. The molecule has 128 valence electrons. The minimum absolute atomic E-state index is 0.111. The van der Waals surface area contributed by atoms with Crippen molar-refractivity contribution in [1.82, 2.24) is 0 Å². The minimum atomic E-state index is -0.111. The van der Waals surface area contributed by atoms with Crippen molar-refractivity contribution in [2.24, 2.45) is 0 Å². The number of hydrogen-bond acceptors (Lipinski definition) is 0. The van der Waals surface area contributed by atoms with Gasteiger partial charge in [0, 0.05) is 5.92 Å². The predicted octanol–water partition coefficient (Wildman–Crippen LogP) is 6.07. The topological polar surface area (TPSA) is 0 Å². The molecule has 0 unspecified atom stereocenters. The highest BCUT2D eigenvalue weighted by Crippen LogP contribution is 2.59. The largest absolute Gasteiger partial charge is 0.0622 e. The highest BCUT2D eigenvalue weighted by molar-refractivity contribution is 5.72. The van der Waals surface area contributed by atoms with Crippen LogP contribution in [-0.4, -0.2) is 0 Å². The Hall–Kier alpha value is -3.12. The molecular formula is C27H20. The fourth-order valence-electron chi connectivity index (χ4n) is 5.54. The van der Waals surface area contributed by atoms with Gasteiger partial charge in [-0.25, -0.2) is 0 Å². The van der Waals surface area contributed by atoms with Gasteiger partial charge in [-0.05, 0) is 45.4 Å². The van der Waals surface area contributed by atoms with E-state index in [1.165, 1.54) is 38.9 Å². The summed E-state index contributed by atoms with van der Waals surface area (Å²) < 4.78 is 0. The van der Waals surface area contributed by atoms with Crippen molar-refractivity contribution in [3.8, 4) is 0 Å². The van der Waals surface area contributed by atoms with Gasteiger partial charge in [0.2, 0.25) is 0 Å². The Morgan fingerprint density at radius 2 is 0.889 bits per heavy atom. The summed E-state index contributed by atoms with van der Waals surface area (Å²) in [6.45, 7) is 0. The Balaban J connectivity index is 1.75. The molecule has 3 aliphatic carbocycles. The minimum Gasteiger partial charge on any atom is -0.0622 e. The van der Waals surface area contributed by atoms with E-state index in [1.807, 2.05) is 0 Å². The quantitative estimate of drug-likeness (QED) is 0.414. The van der Waals surface area contributed by atoms with Gasteiger partial charge >= 0.3 is 0 Å². The lowest BCUT2D eigenvalue weighted by Crippen LogP contribution is -2.43. The zero-order valence-corrected chi connectivity index (χ0v) is 15.1. The molecule has 0 atom stereocenters. The Labute approximate surface area is 160 Å². The van der Waals surface area contributed by atoms with Crippen LogP contribution in [0.1, 0.15) is 44.9 Å². The molecule has 0 saturated heterocycles. The SMILES string of the molecule is c1ccc(CC23c4ccccc4C(c4ccccc42)c2ccccc23)cc1. The van der Waals surface area contributed by atoms with E-state index in [2.05, 4.69) is 103 Å². The Kier molecular flexibility index (Phi) is 3.02. The van der Waals surface area contributed by atoms with Crippen LogP contribution in [0.4, 0.5) is 0 Å². The first kappa shape index (κ1) is 15.0. The average Bonchev–Trinajstić information content (AvgIpc) is 2.75. The molecule has 0 heteroatoms. The van der Waals surface area contributed by atoms with Gasteiger partial charge in [-0.15, -0.1) is 0 Å². The third kappa shape index (κ3) is 1.88. The molecule has 0 fully saturated rings. The molecule has 3 aliphatic rings. The molecule has 0 amide bonds. The fraction of sp³-hybridized carbons (Fsp3) is 0.111. The first-order valence-corrected chi connectivity index (χ1v) is 9.72. The molecule has 0 saturated carbocycles. The molecule has 4 aromatic rings. The molecule has 0 radical (unpaired) electrons. The van der Waals surface area contributed by atoms with Gasteiger partial charge in [0.25, 0.3) is 0 Å². The van der Waals surface area contributed by atoms with Crippen LogP contribution in [0.5, 0.6) is 0 Å². The molecule has 2 bridgehead atoms. The first-order valence-electron chi connectivity index (χ1n) is 9.72. The summed E-state index contributed by atoms with van der Waals surface area (Å²) in [5, 5.41) is 0. The van der Waals surface area contributed by atoms with Crippen LogP contribution in [0.3, 0.4) is 0 Å². The predicted molar refractivity (Wildman–Crippen MR) is 110 cm³/mol. The van der Waals surface area contributed by atoms with Crippen molar-refractivity contribution in [3.05, 3.63) is 142 Å². The molecule has 0 aliphatic heterocycles. The van der Waals surface area contributed by atoms with E-state index in [-0.39, 0.29) is 5.41 Å². The van der Waals surface area contributed by atoms with E-state index in [1.54, 1.807) is 0 Å². The maximum Gasteiger partial charge on any atom is 0.0500 e. The second-order valence-corrected chi connectivity index (χ2v) is 7.76. The monoisotopic (exact) mass is 344 g/mol. The summed E-state index contributed by atoms with van der Waals surface area (Å²) in [4.78, 5) is 0. The van der Waals surface area contributed by atoms with E-state index in [0.717, 1.165) is 6.42 Å². The Morgan fingerprint density at radius 1 is 0.481 bits per heavy atom. The summed E-state index contributed by atoms with van der Waals surface area (Å²) >= 11 is 0. The van der Waals surface area contributed by atoms with Crippen LogP contribution in [0.25, 0.3) is 0 Å². The molecule has 0 nitrogen and oxygen atoms in total. The number of benzene rings is 4. The van der Waals surface area contributed by atoms with Gasteiger partial charge in [-0.2, -0.15) is 0 Å². The van der Waals surface area contributed by atoms with Crippen molar-refractivity contribution >= 4 is 0 Å². The van der Waals surface area contributed by atoms with E-state index >= 15 is 0 Å². The fourth-order valence-corrected chi connectivity index (χ4v) is 5.54. The van der Waals surface area contributed by atoms with E-state index in [4.69, 9.17) is 0 Å². The van der Waals surface area contributed by atoms with Crippen LogP contribution in [0.2, 0.25) is 0 Å². The molecule has 27 heavy (non-hydrogen) atoms. The Morgan fingerprint density at radius 3 is 1.37 bits per heavy atom. The second kappa shape index (κ2) is 5.44. The summed E-state index contributed by atoms with van der Waals surface area (Å²) in [6.07, 6.45) is 0.992. The third-order valence-corrected chi connectivity index (χ3v) is 6.51. The van der Waals surface area contributed by atoms with Crippen LogP contribution in [0, 0.1) is 0 Å². The van der Waals surface area contributed by atoms with Crippen molar-refractivity contribution < 1.29 is 0 Å². The summed E-state index contributed by atoms with van der Waals surface area (Å²) in [5.74, 6) is 0.353. The van der Waals surface area contributed by atoms with Gasteiger partial charge in [0.15, 0.2) is 0 Å². The van der Waals surface area contributed by atoms with Crippen molar-refractivity contribution in [1.29, 1.82) is 0 Å². The second-order valence-electron chi connectivity index (χ2n) is 7.76. The lowest BCUT2D eigenvalue weighted by atomic mass is 9.51. The van der Waals surface area contributed by atoms with E-state index < -0.39 is 0 Å². The summed E-state index contributed by atoms with van der Waals surface area (Å²) in [6, 6.07) is 38.2. The average molecular weight is 344 g/mol. The first-order chi connectivity index (χ1) is 13.4. The smallest absolute Gasteiger partial charge is 0.0500 e. The molecule has 0 N–H and O–H groups in total. The van der Waals surface area contributed by atoms with Crippen molar-refractivity contribution in [2.75, 3.05) is 0 Å². The number of hydrogen-bond donors (Lipinski definition) is 0. The highest BCUT2D eigenvalue weighted by Gasteiger charge is 2.51. The van der Waals surface area contributed by atoms with Crippen LogP contribution >= 0.6 is 0 Å². The van der Waals surface area contributed by atoms with Crippen LogP contribution < -0.4 is 0 Å². The van der Waals surface area contributed by atoms with Gasteiger partial charge in [0.05, 0.1) is 5.41 Å². The standard InChI is InChI=1S/C27H20/c1-2-10-19(11-3-1)18-27-23-15-7-4-12-20(23)26(21-13-5-8-16-24(21)27)22-14-6-9-17-25(22)27/h1-17,26H,18H2. The molecular weight excluding hydrogens is 324 g/mol. The third-order valence-electron chi connectivity index (χ3n) is 6.51. The Bertz CT molecular complexity index is 1040. The lowest BCUT2D eigenvalue weighted by molar-refractivity contribution is 0.540. The van der Waals surface area contributed by atoms with Crippen molar-refractivity contribution in [3.63, 3.8) is 0 Å². The molecule has 4 aromatic carbocycles. The normalized spacial score (nSPS) is 21.3. The molecule has 0 aromatic heterocycles. The molecule has 0 heterocycles. The van der Waals surface area contributed by atoms with Gasteiger partial charge in [-0.1, -0.05) is 103 Å². The number of rotatable bonds is 2.